The molecule has 2 amide bonds. The maximum Gasteiger partial charge on any atom is 0.251 e. The van der Waals surface area contributed by atoms with Crippen molar-refractivity contribution in [1.29, 1.82) is 0 Å². The number of hydrogen-bond donors (Lipinski definition) is 3. The van der Waals surface area contributed by atoms with E-state index in [9.17, 15) is 9.59 Å². The van der Waals surface area contributed by atoms with E-state index in [2.05, 4.69) is 16.0 Å². The summed E-state index contributed by atoms with van der Waals surface area (Å²) in [6.07, 6.45) is 0. The molecule has 0 fully saturated rings. The van der Waals surface area contributed by atoms with Gasteiger partial charge in [-0.2, -0.15) is 0 Å². The molecule has 0 heterocycles. The molecule has 2 aromatic carbocycles. The van der Waals surface area contributed by atoms with Crippen molar-refractivity contribution in [2.75, 3.05) is 37.9 Å². The van der Waals surface area contributed by atoms with Gasteiger partial charge in [-0.1, -0.05) is 6.07 Å². The number of methoxy groups -OCH3 is 2. The zero-order valence-electron chi connectivity index (χ0n) is 16.0. The fourth-order valence-electron chi connectivity index (χ4n) is 2.48. The average molecular weight is 371 g/mol. The minimum absolute atomic E-state index is 0.0548. The molecular formula is C20H25N3O4. The lowest BCUT2D eigenvalue weighted by Gasteiger charge is -2.13. The third-order valence-corrected chi connectivity index (χ3v) is 3.91. The van der Waals surface area contributed by atoms with Crippen molar-refractivity contribution in [2.45, 2.75) is 13.8 Å². The Bertz CT molecular complexity index is 799. The SMILES string of the molecule is CCNC(=O)c1ccc(C)c(NCC(=O)Nc2cc(OC)cc(OC)c2)c1. The van der Waals surface area contributed by atoms with E-state index in [1.165, 1.54) is 0 Å². The van der Waals surface area contributed by atoms with Crippen LogP contribution in [0.4, 0.5) is 11.4 Å². The predicted molar refractivity (Wildman–Crippen MR) is 106 cm³/mol. The Hall–Kier alpha value is -3.22. The van der Waals surface area contributed by atoms with Crippen LogP contribution in [0, 0.1) is 6.92 Å². The van der Waals surface area contributed by atoms with Gasteiger partial charge in [-0.3, -0.25) is 9.59 Å². The van der Waals surface area contributed by atoms with Gasteiger partial charge in [-0.15, -0.1) is 0 Å². The number of rotatable bonds is 8. The Morgan fingerprint density at radius 2 is 1.67 bits per heavy atom. The zero-order valence-corrected chi connectivity index (χ0v) is 16.0. The average Bonchev–Trinajstić information content (AvgIpc) is 2.67. The second kappa shape index (κ2) is 9.47. The number of aryl methyl sites for hydroxylation is 1. The summed E-state index contributed by atoms with van der Waals surface area (Å²) in [6.45, 7) is 4.39. The first-order valence-corrected chi connectivity index (χ1v) is 8.62. The number of carbonyl (C=O) groups excluding carboxylic acids is 2. The Morgan fingerprint density at radius 1 is 1.00 bits per heavy atom. The molecule has 0 saturated carbocycles. The van der Waals surface area contributed by atoms with E-state index in [0.29, 0.717) is 29.3 Å². The Morgan fingerprint density at radius 3 is 2.26 bits per heavy atom. The first-order valence-electron chi connectivity index (χ1n) is 8.62. The number of ether oxygens (including phenoxy) is 2. The molecule has 7 heteroatoms. The van der Waals surface area contributed by atoms with Gasteiger partial charge in [0.15, 0.2) is 0 Å². The summed E-state index contributed by atoms with van der Waals surface area (Å²) in [5.41, 5.74) is 2.80. The minimum Gasteiger partial charge on any atom is -0.497 e. The van der Waals surface area contributed by atoms with E-state index in [-0.39, 0.29) is 18.4 Å². The molecule has 0 bridgehead atoms. The predicted octanol–water partition coefficient (Wildman–Crippen LogP) is 2.81. The number of anilines is 2. The van der Waals surface area contributed by atoms with E-state index in [4.69, 9.17) is 9.47 Å². The van der Waals surface area contributed by atoms with Gasteiger partial charge in [0.25, 0.3) is 5.91 Å². The van der Waals surface area contributed by atoms with Crippen LogP contribution in [-0.4, -0.2) is 39.1 Å². The fraction of sp³-hybridized carbons (Fsp3) is 0.300. The summed E-state index contributed by atoms with van der Waals surface area (Å²) < 4.78 is 10.4. The molecule has 0 atom stereocenters. The molecule has 0 aliphatic heterocycles. The van der Waals surface area contributed by atoms with Crippen LogP contribution in [0.1, 0.15) is 22.8 Å². The molecule has 0 saturated heterocycles. The van der Waals surface area contributed by atoms with Crippen LogP contribution in [0.25, 0.3) is 0 Å². The summed E-state index contributed by atoms with van der Waals surface area (Å²) >= 11 is 0. The summed E-state index contributed by atoms with van der Waals surface area (Å²) in [4.78, 5) is 24.2. The lowest BCUT2D eigenvalue weighted by Crippen LogP contribution is -2.24. The van der Waals surface area contributed by atoms with Gasteiger partial charge in [0, 0.05) is 41.7 Å². The van der Waals surface area contributed by atoms with Crippen molar-refractivity contribution in [2.24, 2.45) is 0 Å². The summed E-state index contributed by atoms with van der Waals surface area (Å²) in [6, 6.07) is 10.5. The van der Waals surface area contributed by atoms with Crippen molar-refractivity contribution in [3.05, 3.63) is 47.5 Å². The molecule has 2 rings (SSSR count). The summed E-state index contributed by atoms with van der Waals surface area (Å²) in [7, 11) is 3.10. The van der Waals surface area contributed by atoms with Gasteiger partial charge in [-0.05, 0) is 31.5 Å². The van der Waals surface area contributed by atoms with Crippen LogP contribution in [0.3, 0.4) is 0 Å². The minimum atomic E-state index is -0.229. The van der Waals surface area contributed by atoms with E-state index in [1.807, 2.05) is 19.9 Å². The topological polar surface area (TPSA) is 88.7 Å². The monoisotopic (exact) mass is 371 g/mol. The highest BCUT2D eigenvalue weighted by molar-refractivity contribution is 5.96. The quantitative estimate of drug-likeness (QED) is 0.664. The molecule has 0 radical (unpaired) electrons. The van der Waals surface area contributed by atoms with E-state index < -0.39 is 0 Å². The molecule has 27 heavy (non-hydrogen) atoms. The van der Waals surface area contributed by atoms with Crippen molar-refractivity contribution >= 4 is 23.2 Å². The number of benzene rings is 2. The van der Waals surface area contributed by atoms with Crippen LogP contribution in [-0.2, 0) is 4.79 Å². The molecular weight excluding hydrogens is 346 g/mol. The number of hydrogen-bond acceptors (Lipinski definition) is 5. The number of carbonyl (C=O) groups is 2. The van der Waals surface area contributed by atoms with E-state index in [0.717, 1.165) is 11.3 Å². The smallest absolute Gasteiger partial charge is 0.251 e. The Balaban J connectivity index is 2.03. The van der Waals surface area contributed by atoms with E-state index >= 15 is 0 Å². The highest BCUT2D eigenvalue weighted by atomic mass is 16.5. The first kappa shape index (κ1) is 20.1. The molecule has 2 aromatic rings. The maximum absolute atomic E-state index is 12.3. The molecule has 0 aliphatic rings. The zero-order chi connectivity index (χ0) is 19.8. The normalized spacial score (nSPS) is 10.1. The second-order valence-corrected chi connectivity index (χ2v) is 5.89. The maximum atomic E-state index is 12.3. The molecule has 144 valence electrons. The summed E-state index contributed by atoms with van der Waals surface area (Å²) in [5, 5.41) is 8.63. The Labute approximate surface area is 159 Å². The van der Waals surface area contributed by atoms with Crippen LogP contribution < -0.4 is 25.4 Å². The Kier molecular flexibility index (Phi) is 7.05. The van der Waals surface area contributed by atoms with Crippen molar-refractivity contribution < 1.29 is 19.1 Å². The van der Waals surface area contributed by atoms with Crippen LogP contribution in [0.2, 0.25) is 0 Å². The highest BCUT2D eigenvalue weighted by Gasteiger charge is 2.10. The van der Waals surface area contributed by atoms with Gasteiger partial charge in [0.05, 0.1) is 20.8 Å². The van der Waals surface area contributed by atoms with E-state index in [1.54, 1.807) is 44.6 Å². The van der Waals surface area contributed by atoms with Crippen LogP contribution in [0.5, 0.6) is 11.5 Å². The van der Waals surface area contributed by atoms with Gasteiger partial charge < -0.3 is 25.4 Å². The largest absolute Gasteiger partial charge is 0.497 e. The lowest BCUT2D eigenvalue weighted by molar-refractivity contribution is -0.114. The van der Waals surface area contributed by atoms with Crippen LogP contribution in [0.15, 0.2) is 36.4 Å². The van der Waals surface area contributed by atoms with Crippen molar-refractivity contribution in [3.63, 3.8) is 0 Å². The third kappa shape index (κ3) is 5.64. The first-order chi connectivity index (χ1) is 13.0. The van der Waals surface area contributed by atoms with Gasteiger partial charge in [0.2, 0.25) is 5.91 Å². The molecule has 0 aromatic heterocycles. The molecule has 3 N–H and O–H groups in total. The van der Waals surface area contributed by atoms with Gasteiger partial charge in [0.1, 0.15) is 11.5 Å². The van der Waals surface area contributed by atoms with Crippen molar-refractivity contribution in [1.82, 2.24) is 5.32 Å². The van der Waals surface area contributed by atoms with Gasteiger partial charge >= 0.3 is 0 Å². The van der Waals surface area contributed by atoms with Gasteiger partial charge in [-0.25, -0.2) is 0 Å². The summed E-state index contributed by atoms with van der Waals surface area (Å²) in [5.74, 6) is 0.799. The molecule has 7 nitrogen and oxygen atoms in total. The standard InChI is InChI=1S/C20H25N3O4/c1-5-21-20(25)14-7-6-13(2)18(8-14)22-12-19(24)23-15-9-16(26-3)11-17(10-15)27-4/h6-11,22H,5,12H2,1-4H3,(H,21,25)(H,23,24). The second-order valence-electron chi connectivity index (χ2n) is 5.89. The highest BCUT2D eigenvalue weighted by Crippen LogP contribution is 2.25. The van der Waals surface area contributed by atoms with Crippen molar-refractivity contribution in [3.8, 4) is 11.5 Å². The fourth-order valence-corrected chi connectivity index (χ4v) is 2.48. The van der Waals surface area contributed by atoms with Crippen LogP contribution >= 0.6 is 0 Å². The third-order valence-electron chi connectivity index (χ3n) is 3.91. The number of nitrogens with one attached hydrogen (secondary N) is 3. The molecule has 0 spiro atoms. The lowest BCUT2D eigenvalue weighted by atomic mass is 10.1. The number of amides is 2. The molecule has 0 unspecified atom stereocenters. The molecule has 0 aliphatic carbocycles.